The van der Waals surface area contributed by atoms with Gasteiger partial charge >= 0.3 is 5.97 Å². The molecule has 2 rings (SSSR count). The fourth-order valence-electron chi connectivity index (χ4n) is 2.27. The first kappa shape index (κ1) is 15.6. The Morgan fingerprint density at radius 3 is 2.95 bits per heavy atom. The van der Waals surface area contributed by atoms with Gasteiger partial charge in [-0.05, 0) is 32.3 Å². The minimum atomic E-state index is -0.295. The Balaban J connectivity index is 1.58. The second-order valence-electron chi connectivity index (χ2n) is 5.41. The molecule has 114 valence electrons. The van der Waals surface area contributed by atoms with Crippen molar-refractivity contribution in [3.8, 4) is 5.75 Å². The van der Waals surface area contributed by atoms with E-state index in [-0.39, 0.29) is 5.97 Å². The van der Waals surface area contributed by atoms with Crippen LogP contribution in [0, 0.1) is 0 Å². The van der Waals surface area contributed by atoms with Crippen LogP contribution in [0.2, 0.25) is 0 Å². The molecule has 0 radical (unpaired) electrons. The molecule has 1 aliphatic rings. The number of fused-ring (bicyclic) bond motifs is 1. The van der Waals surface area contributed by atoms with Gasteiger partial charge in [-0.15, -0.1) is 0 Å². The monoisotopic (exact) mass is 289 g/mol. The highest BCUT2D eigenvalue weighted by molar-refractivity contribution is 5.86. The minimum absolute atomic E-state index is 0.295. The summed E-state index contributed by atoms with van der Waals surface area (Å²) in [7, 11) is 0. The molecule has 4 nitrogen and oxygen atoms in total. The second kappa shape index (κ2) is 7.84. The average molecular weight is 289 g/mol. The van der Waals surface area contributed by atoms with E-state index >= 15 is 0 Å². The molecule has 1 aromatic carbocycles. The van der Waals surface area contributed by atoms with Crippen molar-refractivity contribution < 1.29 is 14.3 Å². The molecular formula is C17H23NO3. The SMILES string of the molecule is C=C(C)C(=O)OCCCCCN1COc2ccccc2C1. The van der Waals surface area contributed by atoms with Crippen LogP contribution >= 0.6 is 0 Å². The Labute approximate surface area is 126 Å². The van der Waals surface area contributed by atoms with Gasteiger partial charge in [-0.1, -0.05) is 24.8 Å². The Morgan fingerprint density at radius 1 is 1.33 bits per heavy atom. The van der Waals surface area contributed by atoms with Crippen molar-refractivity contribution in [1.82, 2.24) is 4.90 Å². The lowest BCUT2D eigenvalue weighted by Crippen LogP contribution is -2.32. The standard InChI is InChI=1S/C17H23NO3/c1-14(2)17(19)20-11-7-3-6-10-18-12-15-8-4-5-9-16(15)21-13-18/h4-5,8-9H,1,3,6-7,10-13H2,2H3. The Kier molecular flexibility index (Phi) is 5.81. The number of esters is 1. The molecule has 0 N–H and O–H groups in total. The predicted molar refractivity (Wildman–Crippen MR) is 82.0 cm³/mol. The fourth-order valence-corrected chi connectivity index (χ4v) is 2.27. The van der Waals surface area contributed by atoms with Crippen LogP contribution in [-0.2, 0) is 16.1 Å². The van der Waals surface area contributed by atoms with Crippen molar-refractivity contribution in [2.45, 2.75) is 32.7 Å². The molecule has 0 aliphatic carbocycles. The van der Waals surface area contributed by atoms with E-state index in [1.54, 1.807) is 6.92 Å². The average Bonchev–Trinajstić information content (AvgIpc) is 2.50. The number of hydrogen-bond acceptors (Lipinski definition) is 4. The third-order valence-corrected chi connectivity index (χ3v) is 3.47. The quantitative estimate of drug-likeness (QED) is 0.439. The van der Waals surface area contributed by atoms with Crippen LogP contribution in [0.15, 0.2) is 36.4 Å². The van der Waals surface area contributed by atoms with Crippen molar-refractivity contribution >= 4 is 5.97 Å². The zero-order valence-corrected chi connectivity index (χ0v) is 12.6. The summed E-state index contributed by atoms with van der Waals surface area (Å²) in [5, 5.41) is 0. The zero-order valence-electron chi connectivity index (χ0n) is 12.6. The summed E-state index contributed by atoms with van der Waals surface area (Å²) in [6.45, 7) is 8.30. The van der Waals surface area contributed by atoms with E-state index < -0.39 is 0 Å². The van der Waals surface area contributed by atoms with Crippen LogP contribution in [0.1, 0.15) is 31.7 Å². The number of rotatable bonds is 7. The summed E-state index contributed by atoms with van der Waals surface area (Å²) in [6, 6.07) is 8.17. The highest BCUT2D eigenvalue weighted by atomic mass is 16.5. The normalized spacial score (nSPS) is 14.1. The van der Waals surface area contributed by atoms with Gasteiger partial charge in [-0.3, -0.25) is 4.90 Å². The summed E-state index contributed by atoms with van der Waals surface area (Å²) in [5.41, 5.74) is 1.71. The lowest BCUT2D eigenvalue weighted by Gasteiger charge is -2.28. The van der Waals surface area contributed by atoms with Crippen LogP contribution < -0.4 is 4.74 Å². The highest BCUT2D eigenvalue weighted by Crippen LogP contribution is 2.24. The summed E-state index contributed by atoms with van der Waals surface area (Å²) in [5.74, 6) is 0.705. The van der Waals surface area contributed by atoms with Crippen molar-refractivity contribution in [1.29, 1.82) is 0 Å². The molecule has 0 saturated heterocycles. The molecule has 4 heteroatoms. The Hall–Kier alpha value is -1.81. The van der Waals surface area contributed by atoms with Crippen molar-refractivity contribution in [3.05, 3.63) is 42.0 Å². The molecule has 0 bridgehead atoms. The largest absolute Gasteiger partial charge is 0.478 e. The van der Waals surface area contributed by atoms with Gasteiger partial charge < -0.3 is 9.47 Å². The molecule has 0 unspecified atom stereocenters. The number of carbonyl (C=O) groups excluding carboxylic acids is 1. The Morgan fingerprint density at radius 2 is 2.14 bits per heavy atom. The molecule has 21 heavy (non-hydrogen) atoms. The van der Waals surface area contributed by atoms with E-state index in [0.717, 1.165) is 38.1 Å². The summed E-state index contributed by atoms with van der Waals surface area (Å²) in [6.07, 6.45) is 3.02. The number of ether oxygens (including phenoxy) is 2. The van der Waals surface area contributed by atoms with Crippen molar-refractivity contribution in [3.63, 3.8) is 0 Å². The van der Waals surface area contributed by atoms with Gasteiger partial charge in [-0.25, -0.2) is 4.79 Å². The maximum Gasteiger partial charge on any atom is 0.333 e. The Bertz CT molecular complexity index is 499. The molecular weight excluding hydrogens is 266 g/mol. The van der Waals surface area contributed by atoms with E-state index in [0.29, 0.717) is 18.9 Å². The van der Waals surface area contributed by atoms with Crippen LogP contribution in [0.5, 0.6) is 5.75 Å². The summed E-state index contributed by atoms with van der Waals surface area (Å²) < 4.78 is 10.8. The third-order valence-electron chi connectivity index (χ3n) is 3.47. The smallest absolute Gasteiger partial charge is 0.333 e. The highest BCUT2D eigenvalue weighted by Gasteiger charge is 2.15. The fraction of sp³-hybridized carbons (Fsp3) is 0.471. The van der Waals surface area contributed by atoms with Gasteiger partial charge in [-0.2, -0.15) is 0 Å². The number of hydrogen-bond donors (Lipinski definition) is 0. The first-order valence-corrected chi connectivity index (χ1v) is 7.42. The molecule has 0 saturated carbocycles. The topological polar surface area (TPSA) is 38.8 Å². The maximum absolute atomic E-state index is 11.2. The van der Waals surface area contributed by atoms with Crippen LogP contribution in [0.25, 0.3) is 0 Å². The summed E-state index contributed by atoms with van der Waals surface area (Å²) >= 11 is 0. The van der Waals surface area contributed by atoms with Gasteiger partial charge in [0.2, 0.25) is 0 Å². The van der Waals surface area contributed by atoms with E-state index in [1.807, 2.05) is 18.2 Å². The van der Waals surface area contributed by atoms with E-state index in [2.05, 4.69) is 17.5 Å². The minimum Gasteiger partial charge on any atom is -0.478 e. The molecule has 0 aromatic heterocycles. The van der Waals surface area contributed by atoms with Crippen LogP contribution in [0.4, 0.5) is 0 Å². The first-order valence-electron chi connectivity index (χ1n) is 7.42. The third kappa shape index (κ3) is 4.90. The molecule has 0 amide bonds. The van der Waals surface area contributed by atoms with Crippen LogP contribution in [-0.4, -0.2) is 30.8 Å². The number of para-hydroxylation sites is 1. The van der Waals surface area contributed by atoms with E-state index in [4.69, 9.17) is 9.47 Å². The van der Waals surface area contributed by atoms with Gasteiger partial charge in [0.05, 0.1) is 6.61 Å². The molecule has 1 aliphatic heterocycles. The van der Waals surface area contributed by atoms with Crippen molar-refractivity contribution in [2.75, 3.05) is 19.9 Å². The molecule has 1 heterocycles. The molecule has 0 atom stereocenters. The number of carbonyl (C=O) groups is 1. The first-order chi connectivity index (χ1) is 10.2. The number of nitrogens with zero attached hydrogens (tertiary/aromatic N) is 1. The van der Waals surface area contributed by atoms with E-state index in [9.17, 15) is 4.79 Å². The lowest BCUT2D eigenvalue weighted by molar-refractivity contribution is -0.139. The van der Waals surface area contributed by atoms with Gasteiger partial charge in [0.15, 0.2) is 0 Å². The number of benzene rings is 1. The van der Waals surface area contributed by atoms with Gasteiger partial charge in [0.1, 0.15) is 12.5 Å². The number of unbranched alkanes of at least 4 members (excludes halogenated alkanes) is 2. The molecule has 0 spiro atoms. The van der Waals surface area contributed by atoms with Gasteiger partial charge in [0, 0.05) is 24.2 Å². The second-order valence-corrected chi connectivity index (χ2v) is 5.41. The van der Waals surface area contributed by atoms with Crippen molar-refractivity contribution in [2.24, 2.45) is 0 Å². The molecule has 1 aromatic rings. The zero-order chi connectivity index (χ0) is 15.1. The predicted octanol–water partition coefficient (Wildman–Crippen LogP) is 3.13. The van der Waals surface area contributed by atoms with E-state index in [1.165, 1.54) is 5.56 Å². The lowest BCUT2D eigenvalue weighted by atomic mass is 10.1. The maximum atomic E-state index is 11.2. The summed E-state index contributed by atoms with van der Waals surface area (Å²) in [4.78, 5) is 13.5. The molecule has 0 fully saturated rings. The van der Waals surface area contributed by atoms with Gasteiger partial charge in [0.25, 0.3) is 0 Å². The van der Waals surface area contributed by atoms with Crippen LogP contribution in [0.3, 0.4) is 0 Å².